The van der Waals surface area contributed by atoms with Crippen LogP contribution < -0.4 is 5.01 Å². The second kappa shape index (κ2) is 8.75. The van der Waals surface area contributed by atoms with Gasteiger partial charge in [0.1, 0.15) is 0 Å². The van der Waals surface area contributed by atoms with E-state index in [1.165, 1.54) is 12.1 Å². The van der Waals surface area contributed by atoms with E-state index in [2.05, 4.69) is 28.6 Å². The van der Waals surface area contributed by atoms with Crippen molar-refractivity contribution in [2.24, 2.45) is 10.2 Å². The lowest BCUT2D eigenvalue weighted by Crippen LogP contribution is -2.21. The van der Waals surface area contributed by atoms with Crippen LogP contribution in [0, 0.1) is 6.92 Å². The zero-order valence-electron chi connectivity index (χ0n) is 16.0. The second-order valence-corrected chi connectivity index (χ2v) is 5.67. The van der Waals surface area contributed by atoms with E-state index in [0.29, 0.717) is 17.1 Å². The van der Waals surface area contributed by atoms with E-state index in [4.69, 9.17) is 4.74 Å². The van der Waals surface area contributed by atoms with Crippen molar-refractivity contribution in [3.05, 3.63) is 70.9 Å². The second-order valence-electron chi connectivity index (χ2n) is 5.67. The van der Waals surface area contributed by atoms with Crippen LogP contribution in [-0.4, -0.2) is 36.5 Å². The number of allylic oxidation sites excluding steroid dienone is 3. The summed E-state index contributed by atoms with van der Waals surface area (Å²) in [6.45, 7) is 12.7. The van der Waals surface area contributed by atoms with Gasteiger partial charge in [0.05, 0.1) is 24.1 Å². The lowest BCUT2D eigenvalue weighted by Gasteiger charge is -2.26. The van der Waals surface area contributed by atoms with Crippen LogP contribution in [0.1, 0.15) is 19.5 Å². The smallest absolute Gasteiger partial charge is 0.335 e. The van der Waals surface area contributed by atoms with Gasteiger partial charge in [0.15, 0.2) is 5.82 Å². The van der Waals surface area contributed by atoms with E-state index >= 15 is 0 Å². The van der Waals surface area contributed by atoms with Crippen LogP contribution in [0.4, 0.5) is 5.82 Å². The Hall–Kier alpha value is -3.48. The maximum Gasteiger partial charge on any atom is 0.335 e. The molecule has 7 heteroatoms. The summed E-state index contributed by atoms with van der Waals surface area (Å²) in [6, 6.07) is 5.67. The van der Waals surface area contributed by atoms with Gasteiger partial charge in [-0.05, 0) is 45.1 Å². The molecule has 7 nitrogen and oxygen atoms in total. The van der Waals surface area contributed by atoms with Crippen LogP contribution in [0.2, 0.25) is 0 Å². The molecule has 140 valence electrons. The lowest BCUT2D eigenvalue weighted by molar-refractivity contribution is -0.136. The van der Waals surface area contributed by atoms with Crippen molar-refractivity contribution in [1.29, 1.82) is 0 Å². The van der Waals surface area contributed by atoms with Crippen molar-refractivity contribution < 1.29 is 9.53 Å². The van der Waals surface area contributed by atoms with E-state index in [0.717, 1.165) is 17.0 Å². The third-order valence-electron chi connectivity index (χ3n) is 3.99. The molecule has 0 unspecified atom stereocenters. The summed E-state index contributed by atoms with van der Waals surface area (Å²) in [6.07, 6.45) is 7.30. The SMILES string of the molecule is C=NN1C=CC(C(=C/C)/N(N=C)c2cccc(C)n2)=C/C1=C(/C)C(=O)OC. The largest absolute Gasteiger partial charge is 0.466 e. The first-order valence-electron chi connectivity index (χ1n) is 8.28. The fourth-order valence-corrected chi connectivity index (χ4v) is 2.64. The molecular weight excluding hydrogens is 342 g/mol. The summed E-state index contributed by atoms with van der Waals surface area (Å²) in [7, 11) is 1.34. The van der Waals surface area contributed by atoms with Crippen molar-refractivity contribution in [3.63, 3.8) is 0 Å². The van der Waals surface area contributed by atoms with Crippen molar-refractivity contribution in [1.82, 2.24) is 9.99 Å². The van der Waals surface area contributed by atoms with Crippen molar-refractivity contribution in [2.75, 3.05) is 12.1 Å². The number of carbonyl (C=O) groups is 1. The minimum Gasteiger partial charge on any atom is -0.466 e. The van der Waals surface area contributed by atoms with Gasteiger partial charge in [-0.15, -0.1) is 0 Å². The van der Waals surface area contributed by atoms with E-state index in [1.807, 2.05) is 50.3 Å². The van der Waals surface area contributed by atoms with Crippen LogP contribution >= 0.6 is 0 Å². The molecule has 1 aliphatic heterocycles. The molecule has 0 N–H and O–H groups in total. The molecular formula is C20H23N5O2. The van der Waals surface area contributed by atoms with Gasteiger partial charge in [-0.25, -0.2) is 19.8 Å². The topological polar surface area (TPSA) is 70.4 Å². The summed E-state index contributed by atoms with van der Waals surface area (Å²) in [4.78, 5) is 16.5. The van der Waals surface area contributed by atoms with E-state index in [-0.39, 0.29) is 0 Å². The fraction of sp³-hybridized carbons (Fsp3) is 0.200. The average molecular weight is 365 g/mol. The molecule has 0 saturated carbocycles. The minimum atomic E-state index is -0.439. The van der Waals surface area contributed by atoms with Gasteiger partial charge in [-0.2, -0.15) is 10.2 Å². The Morgan fingerprint density at radius 2 is 2.11 bits per heavy atom. The first-order valence-corrected chi connectivity index (χ1v) is 8.28. The van der Waals surface area contributed by atoms with Crippen molar-refractivity contribution in [3.8, 4) is 0 Å². The first-order chi connectivity index (χ1) is 13.0. The third-order valence-corrected chi connectivity index (χ3v) is 3.99. The van der Waals surface area contributed by atoms with Gasteiger partial charge < -0.3 is 4.74 Å². The number of anilines is 1. The molecule has 1 aromatic heterocycles. The van der Waals surface area contributed by atoms with Gasteiger partial charge in [0.25, 0.3) is 0 Å². The number of nitrogens with zero attached hydrogens (tertiary/aromatic N) is 5. The molecule has 2 rings (SSSR count). The van der Waals surface area contributed by atoms with Gasteiger partial charge in [-0.1, -0.05) is 12.1 Å². The molecule has 27 heavy (non-hydrogen) atoms. The Balaban J connectivity index is 2.54. The van der Waals surface area contributed by atoms with Gasteiger partial charge in [-0.3, -0.25) is 0 Å². The number of pyridine rings is 1. The molecule has 2 heterocycles. The molecule has 0 amide bonds. The number of carbonyl (C=O) groups excluding carboxylic acids is 1. The highest BCUT2D eigenvalue weighted by atomic mass is 16.5. The molecule has 0 bridgehead atoms. The number of aromatic nitrogens is 1. The van der Waals surface area contributed by atoms with Crippen molar-refractivity contribution in [2.45, 2.75) is 20.8 Å². The fourth-order valence-electron chi connectivity index (χ4n) is 2.64. The van der Waals surface area contributed by atoms with Crippen LogP contribution in [0.25, 0.3) is 0 Å². The van der Waals surface area contributed by atoms with Gasteiger partial charge >= 0.3 is 5.97 Å². The number of ether oxygens (including phenoxy) is 1. The Kier molecular flexibility index (Phi) is 6.43. The lowest BCUT2D eigenvalue weighted by atomic mass is 10.0. The number of hydrazone groups is 2. The van der Waals surface area contributed by atoms with Crippen LogP contribution in [0.15, 0.2) is 75.4 Å². The quantitative estimate of drug-likeness (QED) is 0.334. The number of hydrogen-bond acceptors (Lipinski definition) is 7. The van der Waals surface area contributed by atoms with Gasteiger partial charge in [0.2, 0.25) is 0 Å². The molecule has 1 aliphatic rings. The summed E-state index contributed by atoms with van der Waals surface area (Å²) < 4.78 is 4.83. The number of rotatable bonds is 6. The van der Waals surface area contributed by atoms with Crippen molar-refractivity contribution >= 4 is 25.2 Å². The van der Waals surface area contributed by atoms with E-state index in [9.17, 15) is 4.79 Å². The molecule has 0 atom stereocenters. The van der Waals surface area contributed by atoms with Gasteiger partial charge in [0, 0.05) is 30.9 Å². The highest BCUT2D eigenvalue weighted by molar-refractivity contribution is 5.89. The monoisotopic (exact) mass is 365 g/mol. The number of aryl methyl sites for hydroxylation is 1. The van der Waals surface area contributed by atoms with Crippen LogP contribution in [-0.2, 0) is 9.53 Å². The summed E-state index contributed by atoms with van der Waals surface area (Å²) >= 11 is 0. The summed E-state index contributed by atoms with van der Waals surface area (Å²) in [5, 5.41) is 11.2. The third kappa shape index (κ3) is 4.20. The Morgan fingerprint density at radius 1 is 1.37 bits per heavy atom. The molecule has 0 radical (unpaired) electrons. The molecule has 0 aliphatic carbocycles. The molecule has 0 saturated heterocycles. The minimum absolute atomic E-state index is 0.411. The maximum atomic E-state index is 12.0. The zero-order valence-corrected chi connectivity index (χ0v) is 16.0. The maximum absolute atomic E-state index is 12.0. The summed E-state index contributed by atoms with van der Waals surface area (Å²) in [5.41, 5.74) is 3.42. The standard InChI is InChI=1S/C20H23N5O2/c1-7-17(25(22-5)19-10-8-9-14(2)23-19)16-11-12-24(21-4)18(13-16)15(3)20(26)27-6/h7-13H,4-5H2,1-3,6H3/b17-7-,18-15+. The average Bonchev–Trinajstić information content (AvgIpc) is 2.70. The van der Waals surface area contributed by atoms with E-state index < -0.39 is 5.97 Å². The highest BCUT2D eigenvalue weighted by Gasteiger charge is 2.21. The Morgan fingerprint density at radius 3 is 2.67 bits per heavy atom. The number of esters is 1. The number of methoxy groups -OCH3 is 1. The first kappa shape index (κ1) is 19.8. The summed E-state index contributed by atoms with van der Waals surface area (Å²) in [5.74, 6) is 0.206. The van der Waals surface area contributed by atoms with Crippen LogP contribution in [0.5, 0.6) is 0 Å². The highest BCUT2D eigenvalue weighted by Crippen LogP contribution is 2.29. The zero-order chi connectivity index (χ0) is 20.0. The van der Waals surface area contributed by atoms with E-state index in [1.54, 1.807) is 18.1 Å². The Bertz CT molecular complexity index is 880. The Labute approximate surface area is 159 Å². The molecule has 0 spiro atoms. The normalized spacial score (nSPS) is 15.8. The van der Waals surface area contributed by atoms with Crippen LogP contribution in [0.3, 0.4) is 0 Å². The molecule has 0 aromatic carbocycles. The predicted octanol–water partition coefficient (Wildman–Crippen LogP) is 3.53. The number of hydrogen-bond donors (Lipinski definition) is 0. The molecule has 0 fully saturated rings. The predicted molar refractivity (Wildman–Crippen MR) is 108 cm³/mol. The molecule has 1 aromatic rings.